The number of nitrogens with zero attached hydrogens (tertiary/aromatic N) is 2. The maximum absolute atomic E-state index is 3.79. The van der Waals surface area contributed by atoms with E-state index in [0.29, 0.717) is 0 Å². The van der Waals surface area contributed by atoms with Crippen LogP contribution in [0.3, 0.4) is 0 Å². The van der Waals surface area contributed by atoms with Crippen molar-refractivity contribution in [1.82, 2.24) is 20.4 Å². The third-order valence-electron chi connectivity index (χ3n) is 1.26. The highest BCUT2D eigenvalue weighted by Crippen LogP contribution is 2.12. The number of hydrogen-bond donors (Lipinski definition) is 2. The maximum atomic E-state index is 3.79. The highest BCUT2D eigenvalue weighted by atomic mass is 15.1. The van der Waals surface area contributed by atoms with Crippen LogP contribution >= 0.6 is 0 Å². The maximum Gasteiger partial charge on any atom is 0.121 e. The van der Waals surface area contributed by atoms with Crippen molar-refractivity contribution < 1.29 is 0 Å². The molecule has 0 bridgehead atoms. The molecule has 0 unspecified atom stereocenters. The van der Waals surface area contributed by atoms with E-state index in [1.54, 1.807) is 18.6 Å². The molecular formula is C6H5N4. The van der Waals surface area contributed by atoms with E-state index in [-0.39, 0.29) is 0 Å². The summed E-state index contributed by atoms with van der Waals surface area (Å²) < 4.78 is 0. The Morgan fingerprint density at radius 3 is 2.90 bits per heavy atom. The van der Waals surface area contributed by atoms with Crippen molar-refractivity contribution in [2.45, 2.75) is 0 Å². The first kappa shape index (κ1) is 5.22. The number of rotatable bonds is 1. The molecule has 0 saturated heterocycles. The van der Waals surface area contributed by atoms with Gasteiger partial charge in [0, 0.05) is 23.5 Å². The van der Waals surface area contributed by atoms with Crippen LogP contribution in [-0.2, 0) is 0 Å². The zero-order chi connectivity index (χ0) is 6.81. The Balaban J connectivity index is 2.48. The first-order valence-electron chi connectivity index (χ1n) is 2.87. The number of nitrogens with one attached hydrogen (secondary N) is 2. The van der Waals surface area contributed by atoms with Gasteiger partial charge in [-0.05, 0) is 0 Å². The molecule has 4 nitrogen and oxygen atoms in total. The second-order valence-corrected chi connectivity index (χ2v) is 1.90. The van der Waals surface area contributed by atoms with E-state index in [1.165, 1.54) is 0 Å². The van der Waals surface area contributed by atoms with Crippen molar-refractivity contribution in [3.8, 4) is 11.1 Å². The van der Waals surface area contributed by atoms with Crippen molar-refractivity contribution >= 4 is 0 Å². The fraction of sp³-hybridized carbons (Fsp3) is 0. The molecule has 0 atom stereocenters. The molecule has 2 rings (SSSR count). The van der Waals surface area contributed by atoms with Gasteiger partial charge >= 0.3 is 0 Å². The zero-order valence-electron chi connectivity index (χ0n) is 5.13. The number of aromatic nitrogens is 4. The average Bonchev–Trinajstić information content (AvgIpc) is 2.59. The molecule has 2 N–H and O–H groups in total. The molecule has 0 fully saturated rings. The Bertz CT molecular complexity index is 249. The highest BCUT2D eigenvalue weighted by Gasteiger charge is 1.97. The average molecular weight is 133 g/mol. The summed E-state index contributed by atoms with van der Waals surface area (Å²) in [5.41, 5.74) is 1.92. The Morgan fingerprint density at radius 1 is 1.30 bits per heavy atom. The van der Waals surface area contributed by atoms with Gasteiger partial charge < -0.3 is 0 Å². The van der Waals surface area contributed by atoms with Gasteiger partial charge in [-0.15, -0.1) is 0 Å². The summed E-state index contributed by atoms with van der Waals surface area (Å²) in [5.74, 6) is 0. The quantitative estimate of drug-likeness (QED) is 0.598. The fourth-order valence-electron chi connectivity index (χ4n) is 0.768. The monoisotopic (exact) mass is 133 g/mol. The van der Waals surface area contributed by atoms with Gasteiger partial charge in [0.15, 0.2) is 0 Å². The number of aromatic amines is 2. The van der Waals surface area contributed by atoms with E-state index < -0.39 is 0 Å². The SMILES string of the molecule is [c]1n[nH]cc1-c1cn[nH]c1. The second kappa shape index (κ2) is 1.98. The molecule has 4 heteroatoms. The van der Waals surface area contributed by atoms with Crippen molar-refractivity contribution in [2.75, 3.05) is 0 Å². The molecule has 0 aliphatic rings. The van der Waals surface area contributed by atoms with Crippen molar-refractivity contribution in [3.05, 3.63) is 24.8 Å². The van der Waals surface area contributed by atoms with E-state index >= 15 is 0 Å². The predicted molar refractivity (Wildman–Crippen MR) is 35.0 cm³/mol. The van der Waals surface area contributed by atoms with E-state index in [2.05, 4.69) is 26.6 Å². The third kappa shape index (κ3) is 0.699. The summed E-state index contributed by atoms with van der Waals surface area (Å²) in [6.45, 7) is 0. The molecule has 1 radical (unpaired) electrons. The first-order chi connectivity index (χ1) is 4.97. The van der Waals surface area contributed by atoms with Crippen molar-refractivity contribution in [2.24, 2.45) is 0 Å². The molecule has 49 valence electrons. The van der Waals surface area contributed by atoms with Crippen molar-refractivity contribution in [3.63, 3.8) is 0 Å². The lowest BCUT2D eigenvalue weighted by atomic mass is 10.2. The standard InChI is InChI=1S/C6H5N4/c1-5(2-8-7-1)6-3-9-10-4-6/h1-3H,(H,7,8)(H,9,10). The molecule has 2 aromatic heterocycles. The van der Waals surface area contributed by atoms with Gasteiger partial charge in [-0.1, -0.05) is 0 Å². The van der Waals surface area contributed by atoms with Crippen LogP contribution in [0.1, 0.15) is 0 Å². The van der Waals surface area contributed by atoms with Gasteiger partial charge in [-0.2, -0.15) is 10.2 Å². The van der Waals surface area contributed by atoms with Crippen LogP contribution in [0, 0.1) is 6.20 Å². The molecule has 0 saturated carbocycles. The lowest BCUT2D eigenvalue weighted by Gasteiger charge is -1.81. The van der Waals surface area contributed by atoms with Gasteiger partial charge in [-0.3, -0.25) is 10.2 Å². The summed E-state index contributed by atoms with van der Waals surface area (Å²) >= 11 is 0. The Kier molecular flexibility index (Phi) is 1.04. The van der Waals surface area contributed by atoms with Gasteiger partial charge in [0.1, 0.15) is 6.20 Å². The molecule has 2 aromatic rings. The van der Waals surface area contributed by atoms with Gasteiger partial charge in [0.2, 0.25) is 0 Å². The van der Waals surface area contributed by atoms with E-state index in [1.807, 2.05) is 0 Å². The molecule has 0 amide bonds. The highest BCUT2D eigenvalue weighted by molar-refractivity contribution is 5.58. The molecule has 0 aliphatic heterocycles. The van der Waals surface area contributed by atoms with E-state index in [0.717, 1.165) is 11.1 Å². The van der Waals surface area contributed by atoms with Crippen LogP contribution in [0.15, 0.2) is 18.6 Å². The number of H-pyrrole nitrogens is 2. The summed E-state index contributed by atoms with van der Waals surface area (Å²) in [5, 5.41) is 12.9. The summed E-state index contributed by atoms with van der Waals surface area (Å²) in [4.78, 5) is 0. The topological polar surface area (TPSA) is 57.4 Å². The fourth-order valence-corrected chi connectivity index (χ4v) is 0.768. The van der Waals surface area contributed by atoms with Crippen LogP contribution in [0.5, 0.6) is 0 Å². The van der Waals surface area contributed by atoms with Crippen LogP contribution in [0.2, 0.25) is 0 Å². The Labute approximate surface area is 57.3 Å². The number of hydrogen-bond acceptors (Lipinski definition) is 2. The summed E-state index contributed by atoms with van der Waals surface area (Å²) in [7, 11) is 0. The van der Waals surface area contributed by atoms with Crippen molar-refractivity contribution in [1.29, 1.82) is 0 Å². The molecule has 0 aliphatic carbocycles. The minimum atomic E-state index is 0.925. The molecule has 10 heavy (non-hydrogen) atoms. The van der Waals surface area contributed by atoms with E-state index in [9.17, 15) is 0 Å². The van der Waals surface area contributed by atoms with Crippen LogP contribution in [0.25, 0.3) is 11.1 Å². The molecular weight excluding hydrogens is 128 g/mol. The van der Waals surface area contributed by atoms with Crippen LogP contribution in [0.4, 0.5) is 0 Å². The van der Waals surface area contributed by atoms with Gasteiger partial charge in [-0.25, -0.2) is 0 Å². The van der Waals surface area contributed by atoms with E-state index in [4.69, 9.17) is 0 Å². The predicted octanol–water partition coefficient (Wildman–Crippen LogP) is 0.600. The second-order valence-electron chi connectivity index (χ2n) is 1.90. The third-order valence-corrected chi connectivity index (χ3v) is 1.26. The normalized spacial score (nSPS) is 10.0. The van der Waals surface area contributed by atoms with Crippen LogP contribution in [-0.4, -0.2) is 20.4 Å². The lowest BCUT2D eigenvalue weighted by molar-refractivity contribution is 1.08. The first-order valence-corrected chi connectivity index (χ1v) is 2.87. The largest absolute Gasteiger partial charge is 0.285 e. The lowest BCUT2D eigenvalue weighted by Crippen LogP contribution is -1.64. The smallest absolute Gasteiger partial charge is 0.121 e. The summed E-state index contributed by atoms with van der Waals surface area (Å²) in [6.07, 6.45) is 8.06. The minimum Gasteiger partial charge on any atom is -0.285 e. The summed E-state index contributed by atoms with van der Waals surface area (Å²) in [6, 6.07) is 0. The Hall–Kier alpha value is -1.58. The molecule has 0 aromatic carbocycles. The molecule has 0 spiro atoms. The Morgan fingerprint density at radius 2 is 2.30 bits per heavy atom. The van der Waals surface area contributed by atoms with Gasteiger partial charge in [0.25, 0.3) is 0 Å². The van der Waals surface area contributed by atoms with Gasteiger partial charge in [0.05, 0.1) is 6.20 Å². The minimum absolute atomic E-state index is 0.925. The molecule has 2 heterocycles. The van der Waals surface area contributed by atoms with Crippen LogP contribution < -0.4 is 0 Å². The zero-order valence-corrected chi connectivity index (χ0v) is 5.13.